The van der Waals surface area contributed by atoms with Crippen LogP contribution in [0.2, 0.25) is 0 Å². The van der Waals surface area contributed by atoms with Gasteiger partial charge in [0.15, 0.2) is 0 Å². The van der Waals surface area contributed by atoms with Crippen molar-refractivity contribution in [1.82, 2.24) is 9.78 Å². The minimum Gasteiger partial charge on any atom is -0.267 e. The average Bonchev–Trinajstić information content (AvgIpc) is 2.51. The van der Waals surface area contributed by atoms with Gasteiger partial charge in [0.1, 0.15) is 0 Å². The Labute approximate surface area is 90.7 Å². The van der Waals surface area contributed by atoms with Crippen LogP contribution in [-0.4, -0.2) is 9.78 Å². The lowest BCUT2D eigenvalue weighted by Crippen LogP contribution is -2.32. The van der Waals surface area contributed by atoms with Crippen molar-refractivity contribution in [3.63, 3.8) is 0 Å². The largest absolute Gasteiger partial charge is 0.267 e. The Hall–Kier alpha value is -1.30. The highest BCUT2D eigenvalue weighted by Crippen LogP contribution is 2.43. The highest BCUT2D eigenvalue weighted by Gasteiger charge is 2.40. The van der Waals surface area contributed by atoms with Gasteiger partial charge in [-0.1, -0.05) is 0 Å². The molecule has 0 aromatic carbocycles. The van der Waals surface area contributed by atoms with Crippen molar-refractivity contribution in [2.24, 2.45) is 0 Å². The first-order valence-electron chi connectivity index (χ1n) is 5.45. The Balaban J connectivity index is 2.32. The van der Waals surface area contributed by atoms with E-state index in [9.17, 15) is 5.26 Å². The molecule has 1 aromatic rings. The van der Waals surface area contributed by atoms with Gasteiger partial charge < -0.3 is 0 Å². The lowest BCUT2D eigenvalue weighted by molar-refractivity contribution is 0.320. The number of nitrogens with zero attached hydrogens (tertiary/aromatic N) is 3. The lowest BCUT2D eigenvalue weighted by atomic mass is 9.66. The quantitative estimate of drug-likeness (QED) is 0.704. The molecule has 0 bridgehead atoms. The van der Waals surface area contributed by atoms with Crippen molar-refractivity contribution < 1.29 is 0 Å². The first-order chi connectivity index (χ1) is 6.98. The van der Waals surface area contributed by atoms with Gasteiger partial charge in [0.05, 0.1) is 23.2 Å². The third-order valence-corrected chi connectivity index (χ3v) is 3.24. The maximum absolute atomic E-state index is 9.21. The number of hydrogen-bond acceptors (Lipinski definition) is 2. The van der Waals surface area contributed by atoms with Crippen molar-refractivity contribution >= 4 is 0 Å². The van der Waals surface area contributed by atoms with Gasteiger partial charge >= 0.3 is 0 Å². The Morgan fingerprint density at radius 2 is 2.13 bits per heavy atom. The van der Waals surface area contributed by atoms with Gasteiger partial charge in [-0.25, -0.2) is 0 Å². The van der Waals surface area contributed by atoms with E-state index in [2.05, 4.69) is 31.9 Å². The molecule has 80 valence electrons. The second kappa shape index (κ2) is 3.10. The van der Waals surface area contributed by atoms with E-state index in [0.29, 0.717) is 0 Å². The average molecular weight is 203 g/mol. The molecule has 0 amide bonds. The van der Waals surface area contributed by atoms with E-state index in [4.69, 9.17) is 0 Å². The number of nitriles is 1. The van der Waals surface area contributed by atoms with Crippen molar-refractivity contribution in [3.05, 3.63) is 18.0 Å². The van der Waals surface area contributed by atoms with Crippen LogP contribution in [0.3, 0.4) is 0 Å². The molecule has 3 nitrogen and oxygen atoms in total. The molecule has 0 aliphatic heterocycles. The molecule has 1 aliphatic carbocycles. The van der Waals surface area contributed by atoms with Gasteiger partial charge in [0.25, 0.3) is 0 Å². The van der Waals surface area contributed by atoms with Gasteiger partial charge in [-0.05, 0) is 40.0 Å². The summed E-state index contributed by atoms with van der Waals surface area (Å²) in [6.45, 7) is 6.34. The topological polar surface area (TPSA) is 41.6 Å². The standard InChI is InChI=1S/C12H17N3/c1-11(2,3)15-8-10(7-14-15)12(9-13)5-4-6-12/h7-8H,4-6H2,1-3H3. The van der Waals surface area contributed by atoms with Crippen LogP contribution in [0.5, 0.6) is 0 Å². The van der Waals surface area contributed by atoms with Crippen LogP contribution >= 0.6 is 0 Å². The number of rotatable bonds is 1. The van der Waals surface area contributed by atoms with Gasteiger partial charge in [0, 0.05) is 11.8 Å². The first-order valence-corrected chi connectivity index (χ1v) is 5.45. The molecule has 2 rings (SSSR count). The molecular weight excluding hydrogens is 186 g/mol. The molecule has 0 saturated heterocycles. The van der Waals surface area contributed by atoms with Crippen LogP contribution in [0.15, 0.2) is 12.4 Å². The third kappa shape index (κ3) is 1.54. The molecule has 0 spiro atoms. The van der Waals surface area contributed by atoms with Gasteiger partial charge in [0.2, 0.25) is 0 Å². The van der Waals surface area contributed by atoms with Gasteiger partial charge in [-0.2, -0.15) is 10.4 Å². The van der Waals surface area contributed by atoms with Crippen LogP contribution in [0.4, 0.5) is 0 Å². The fourth-order valence-corrected chi connectivity index (χ4v) is 1.93. The van der Waals surface area contributed by atoms with E-state index < -0.39 is 0 Å². The lowest BCUT2D eigenvalue weighted by Gasteiger charge is -2.34. The zero-order valence-corrected chi connectivity index (χ0v) is 9.62. The number of aromatic nitrogens is 2. The minimum atomic E-state index is -0.233. The summed E-state index contributed by atoms with van der Waals surface area (Å²) in [4.78, 5) is 0. The second-order valence-electron chi connectivity index (χ2n) is 5.39. The molecule has 3 heteroatoms. The van der Waals surface area contributed by atoms with E-state index in [-0.39, 0.29) is 11.0 Å². The van der Waals surface area contributed by atoms with E-state index in [1.54, 1.807) is 0 Å². The summed E-state index contributed by atoms with van der Waals surface area (Å²) in [5.74, 6) is 0. The Kier molecular flexibility index (Phi) is 2.11. The van der Waals surface area contributed by atoms with Gasteiger partial charge in [-0.15, -0.1) is 0 Å². The summed E-state index contributed by atoms with van der Waals surface area (Å²) < 4.78 is 1.94. The maximum Gasteiger partial charge on any atom is 0.0852 e. The van der Waals surface area contributed by atoms with Crippen LogP contribution in [-0.2, 0) is 11.0 Å². The van der Waals surface area contributed by atoms with Crippen molar-refractivity contribution in [1.29, 1.82) is 5.26 Å². The fraction of sp³-hybridized carbons (Fsp3) is 0.667. The summed E-state index contributed by atoms with van der Waals surface area (Å²) in [5, 5.41) is 13.6. The highest BCUT2D eigenvalue weighted by atomic mass is 15.3. The van der Waals surface area contributed by atoms with E-state index >= 15 is 0 Å². The maximum atomic E-state index is 9.21. The van der Waals surface area contributed by atoms with Crippen molar-refractivity contribution in [2.45, 2.75) is 51.0 Å². The zero-order chi connectivity index (χ0) is 11.1. The van der Waals surface area contributed by atoms with E-state index in [1.807, 2.05) is 17.1 Å². The minimum absolute atomic E-state index is 0.00135. The summed E-state index contributed by atoms with van der Waals surface area (Å²) >= 11 is 0. The molecule has 1 heterocycles. The molecule has 0 N–H and O–H groups in total. The summed E-state index contributed by atoms with van der Waals surface area (Å²) in [7, 11) is 0. The van der Waals surface area contributed by atoms with E-state index in [1.165, 1.54) is 0 Å². The zero-order valence-electron chi connectivity index (χ0n) is 9.62. The molecule has 1 aromatic heterocycles. The Morgan fingerprint density at radius 1 is 1.47 bits per heavy atom. The van der Waals surface area contributed by atoms with Crippen LogP contribution in [0, 0.1) is 11.3 Å². The van der Waals surface area contributed by atoms with Crippen LogP contribution in [0.1, 0.15) is 45.6 Å². The monoisotopic (exact) mass is 203 g/mol. The molecule has 1 aliphatic rings. The summed E-state index contributed by atoms with van der Waals surface area (Å²) in [5.41, 5.74) is 0.855. The molecule has 0 unspecified atom stereocenters. The fourth-order valence-electron chi connectivity index (χ4n) is 1.93. The predicted octanol–water partition coefficient (Wildman–Crippen LogP) is 2.58. The van der Waals surface area contributed by atoms with Crippen molar-refractivity contribution in [3.8, 4) is 6.07 Å². The Bertz CT molecular complexity index is 399. The molecular formula is C12H17N3. The summed E-state index contributed by atoms with van der Waals surface area (Å²) in [6, 6.07) is 2.44. The van der Waals surface area contributed by atoms with Crippen molar-refractivity contribution in [2.75, 3.05) is 0 Å². The molecule has 0 atom stereocenters. The third-order valence-electron chi connectivity index (χ3n) is 3.24. The second-order valence-corrected chi connectivity index (χ2v) is 5.39. The SMILES string of the molecule is CC(C)(C)n1cc(C2(C#N)CCC2)cn1. The first kappa shape index (κ1) is 10.2. The van der Waals surface area contributed by atoms with Gasteiger partial charge in [-0.3, -0.25) is 4.68 Å². The molecule has 0 radical (unpaired) electrons. The van der Waals surface area contributed by atoms with Crippen LogP contribution in [0.25, 0.3) is 0 Å². The van der Waals surface area contributed by atoms with Crippen LogP contribution < -0.4 is 0 Å². The predicted molar refractivity (Wildman–Crippen MR) is 58.4 cm³/mol. The highest BCUT2D eigenvalue weighted by molar-refractivity contribution is 5.31. The molecule has 1 saturated carbocycles. The summed E-state index contributed by atoms with van der Waals surface area (Å²) in [6.07, 6.45) is 7.02. The number of hydrogen-bond donors (Lipinski definition) is 0. The Morgan fingerprint density at radius 3 is 2.47 bits per heavy atom. The normalized spacial score (nSPS) is 19.3. The van der Waals surface area contributed by atoms with E-state index in [0.717, 1.165) is 24.8 Å². The molecule has 1 fully saturated rings. The molecule has 15 heavy (non-hydrogen) atoms. The smallest absolute Gasteiger partial charge is 0.0852 e.